The molecular weight excluding hydrogens is 676 g/mol. The summed E-state index contributed by atoms with van der Waals surface area (Å²) in [6.45, 7) is 6.22. The van der Waals surface area contributed by atoms with Crippen molar-refractivity contribution >= 4 is 47.8 Å². The number of fused-ring (bicyclic) bond motifs is 1. The van der Waals surface area contributed by atoms with Gasteiger partial charge < -0.3 is 25.0 Å². The number of carbonyl (C=O) groups excluding carboxylic acids is 2. The van der Waals surface area contributed by atoms with Crippen molar-refractivity contribution < 1.29 is 41.6 Å². The van der Waals surface area contributed by atoms with Gasteiger partial charge in [0.15, 0.2) is 5.69 Å². The second-order valence-electron chi connectivity index (χ2n) is 11.0. The van der Waals surface area contributed by atoms with Crippen LogP contribution in [0.15, 0.2) is 46.8 Å². The third kappa shape index (κ3) is 9.48. The van der Waals surface area contributed by atoms with Crippen LogP contribution in [0.2, 0.25) is 0 Å². The van der Waals surface area contributed by atoms with Gasteiger partial charge >= 0.3 is 20.0 Å². The Morgan fingerprint density at radius 1 is 1.15 bits per heavy atom. The molecule has 3 aromatic heterocycles. The summed E-state index contributed by atoms with van der Waals surface area (Å²) >= 11 is 0.755. The topological polar surface area (TPSA) is 185 Å². The van der Waals surface area contributed by atoms with Crippen molar-refractivity contribution in [1.82, 2.24) is 25.2 Å². The maximum absolute atomic E-state index is 13.8. The number of pyridine rings is 2. The van der Waals surface area contributed by atoms with Gasteiger partial charge in [-0.15, -0.1) is 11.3 Å². The number of alkyl halides is 3. The van der Waals surface area contributed by atoms with Crippen LogP contribution in [0, 0.1) is 5.92 Å². The van der Waals surface area contributed by atoms with Gasteiger partial charge in [0.25, 0.3) is 5.91 Å². The fourth-order valence-electron chi connectivity index (χ4n) is 4.64. The van der Waals surface area contributed by atoms with Crippen molar-refractivity contribution in [3.05, 3.63) is 63.5 Å². The lowest BCUT2D eigenvalue weighted by Crippen LogP contribution is -2.31. The minimum absolute atomic E-state index is 0.00368. The lowest BCUT2D eigenvalue weighted by molar-refractivity contribution is -0.140. The first-order valence-electron chi connectivity index (χ1n) is 14.8. The summed E-state index contributed by atoms with van der Waals surface area (Å²) in [5, 5.41) is 8.71. The lowest BCUT2D eigenvalue weighted by atomic mass is 9.99. The SMILES string of the molecule is CCNC(=O)Nc1cc(-c2nc(C(F)(F)F)cs2)c(-c2ccc3c(c2)c(=O)c(C(=O)NCCCOP(=O)(O)O)cn3CCC(C)C)cn1. The number of hydrogen-bond donors (Lipinski definition) is 5. The van der Waals surface area contributed by atoms with Crippen LogP contribution in [-0.2, 0) is 21.8 Å². The first-order chi connectivity index (χ1) is 22.6. The van der Waals surface area contributed by atoms with Crippen molar-refractivity contribution in [2.24, 2.45) is 5.92 Å². The standard InChI is InChI=1S/C30H34F3N6O7PS/c1-4-34-29(42)38-25-13-19(28-37-24(16-48-28)30(31,32)33)21(14-36-25)18-6-7-23-20(12-18)26(40)22(15-39(23)10-8-17(2)3)27(41)35-9-5-11-46-47(43,44)45/h6-7,12-17H,4-5,8-11H2,1-3H3,(H,35,41)(H2,43,44,45)(H2,34,36,38,42). The van der Waals surface area contributed by atoms with E-state index in [1.165, 1.54) is 24.5 Å². The predicted molar refractivity (Wildman–Crippen MR) is 175 cm³/mol. The summed E-state index contributed by atoms with van der Waals surface area (Å²) in [5.74, 6) is -0.345. The molecule has 0 aliphatic carbocycles. The molecule has 0 aliphatic rings. The molecule has 4 aromatic rings. The normalized spacial score (nSPS) is 12.0. The number of amides is 3. The Hall–Kier alpha value is -4.15. The molecule has 0 spiro atoms. The fourth-order valence-corrected chi connectivity index (χ4v) is 5.86. The first kappa shape index (κ1) is 36.7. The highest BCUT2D eigenvalue weighted by molar-refractivity contribution is 7.46. The number of urea groups is 1. The molecular formula is C30H34F3N6O7PS. The van der Waals surface area contributed by atoms with Crippen LogP contribution in [0.3, 0.4) is 0 Å². The average Bonchev–Trinajstić information content (AvgIpc) is 3.51. The number of anilines is 1. The third-order valence-electron chi connectivity index (χ3n) is 6.96. The van der Waals surface area contributed by atoms with Crippen molar-refractivity contribution in [2.45, 2.75) is 46.3 Å². The molecule has 0 unspecified atom stereocenters. The van der Waals surface area contributed by atoms with Crippen LogP contribution in [-0.4, -0.2) is 56.0 Å². The van der Waals surface area contributed by atoms with Crippen LogP contribution in [0.25, 0.3) is 32.6 Å². The molecule has 0 fully saturated rings. The number of thiazole rings is 1. The maximum atomic E-state index is 13.8. The van der Waals surface area contributed by atoms with Crippen LogP contribution >= 0.6 is 19.2 Å². The van der Waals surface area contributed by atoms with E-state index in [0.29, 0.717) is 35.7 Å². The van der Waals surface area contributed by atoms with E-state index in [0.717, 1.165) is 23.1 Å². The second kappa shape index (κ2) is 15.4. The number of halogens is 3. The second-order valence-corrected chi connectivity index (χ2v) is 13.1. The fraction of sp³-hybridized carbons (Fsp3) is 0.367. The number of aromatic nitrogens is 3. The summed E-state index contributed by atoms with van der Waals surface area (Å²) in [4.78, 5) is 64.8. The van der Waals surface area contributed by atoms with Gasteiger partial charge in [-0.1, -0.05) is 19.9 Å². The smallest absolute Gasteiger partial charge is 0.352 e. The number of hydrogen-bond acceptors (Lipinski definition) is 8. The van der Waals surface area contributed by atoms with Crippen LogP contribution in [0.5, 0.6) is 0 Å². The molecule has 0 saturated heterocycles. The van der Waals surface area contributed by atoms with Crippen molar-refractivity contribution in [2.75, 3.05) is 25.0 Å². The Morgan fingerprint density at radius 2 is 1.90 bits per heavy atom. The van der Waals surface area contributed by atoms with E-state index in [1.54, 1.807) is 23.6 Å². The van der Waals surface area contributed by atoms with Crippen molar-refractivity contribution in [1.29, 1.82) is 0 Å². The van der Waals surface area contributed by atoms with E-state index >= 15 is 0 Å². The number of aryl methyl sites for hydroxylation is 1. The zero-order chi connectivity index (χ0) is 35.2. The lowest BCUT2D eigenvalue weighted by Gasteiger charge is -2.16. The molecule has 3 amide bonds. The summed E-state index contributed by atoms with van der Waals surface area (Å²) < 4.78 is 57.5. The number of phosphoric ester groups is 1. The van der Waals surface area contributed by atoms with E-state index in [4.69, 9.17) is 9.79 Å². The minimum Gasteiger partial charge on any atom is -0.352 e. The van der Waals surface area contributed by atoms with Gasteiger partial charge in [-0.3, -0.25) is 19.4 Å². The average molecular weight is 711 g/mol. The van der Waals surface area contributed by atoms with Crippen molar-refractivity contribution in [3.8, 4) is 21.7 Å². The van der Waals surface area contributed by atoms with Gasteiger partial charge in [0, 0.05) is 53.9 Å². The molecule has 13 nitrogen and oxygen atoms in total. The molecule has 0 aliphatic heterocycles. The summed E-state index contributed by atoms with van der Waals surface area (Å²) in [7, 11) is -4.66. The van der Waals surface area contributed by atoms with Crippen molar-refractivity contribution in [3.63, 3.8) is 0 Å². The molecule has 18 heteroatoms. The van der Waals surface area contributed by atoms with E-state index in [1.807, 2.05) is 13.8 Å². The molecule has 258 valence electrons. The van der Waals surface area contributed by atoms with Gasteiger partial charge in [-0.05, 0) is 49.4 Å². The quantitative estimate of drug-likeness (QED) is 0.0868. The number of nitrogens with zero attached hydrogens (tertiary/aromatic N) is 3. The van der Waals surface area contributed by atoms with E-state index in [9.17, 15) is 32.1 Å². The van der Waals surface area contributed by atoms with Gasteiger partial charge in [0.1, 0.15) is 16.4 Å². The van der Waals surface area contributed by atoms with Crippen LogP contribution < -0.4 is 21.4 Å². The Kier molecular flexibility index (Phi) is 11.8. The monoisotopic (exact) mass is 710 g/mol. The molecule has 48 heavy (non-hydrogen) atoms. The highest BCUT2D eigenvalue weighted by Gasteiger charge is 2.34. The third-order valence-corrected chi connectivity index (χ3v) is 8.35. The number of carbonyl (C=O) groups is 2. The van der Waals surface area contributed by atoms with Gasteiger partial charge in [-0.2, -0.15) is 13.2 Å². The number of phosphoric acid groups is 1. The Bertz CT molecular complexity index is 1910. The molecule has 0 radical (unpaired) electrons. The first-order valence-corrected chi connectivity index (χ1v) is 17.2. The summed E-state index contributed by atoms with van der Waals surface area (Å²) in [6.07, 6.45) is -1.07. The van der Waals surface area contributed by atoms with E-state index in [-0.39, 0.29) is 46.9 Å². The molecule has 3 heterocycles. The molecule has 1 aromatic carbocycles. The Labute approximate surface area is 276 Å². The number of rotatable bonds is 13. The molecule has 4 rings (SSSR count). The number of nitrogens with one attached hydrogen (secondary N) is 3. The van der Waals surface area contributed by atoms with Crippen LogP contribution in [0.1, 0.15) is 49.7 Å². The maximum Gasteiger partial charge on any atom is 0.469 e. The zero-order valence-corrected chi connectivity index (χ0v) is 27.8. The molecule has 0 saturated carbocycles. The van der Waals surface area contributed by atoms with Gasteiger partial charge in [0.05, 0.1) is 12.1 Å². The highest BCUT2D eigenvalue weighted by atomic mass is 32.1. The molecule has 0 atom stereocenters. The number of benzene rings is 1. The predicted octanol–water partition coefficient (Wildman–Crippen LogP) is 5.62. The largest absolute Gasteiger partial charge is 0.469 e. The molecule has 0 bridgehead atoms. The molecule has 5 N–H and O–H groups in total. The minimum atomic E-state index is -4.68. The highest BCUT2D eigenvalue weighted by Crippen LogP contribution is 2.39. The van der Waals surface area contributed by atoms with E-state index in [2.05, 4.69) is 30.4 Å². The Balaban J connectivity index is 1.80. The zero-order valence-electron chi connectivity index (χ0n) is 26.1. The van der Waals surface area contributed by atoms with E-state index < -0.39 is 37.1 Å². The van der Waals surface area contributed by atoms with Crippen LogP contribution in [0.4, 0.5) is 23.8 Å². The van der Waals surface area contributed by atoms with Gasteiger partial charge in [0.2, 0.25) is 5.43 Å². The summed E-state index contributed by atoms with van der Waals surface area (Å²) in [5.41, 5.74) is -0.383. The van der Waals surface area contributed by atoms with Gasteiger partial charge in [-0.25, -0.2) is 19.3 Å². The summed E-state index contributed by atoms with van der Waals surface area (Å²) in [6, 6.07) is 5.73. The Morgan fingerprint density at radius 3 is 2.54 bits per heavy atom.